The fourth-order valence-electron chi connectivity index (χ4n) is 14.5. The monoisotopic (exact) mass is 1370 g/mol. The average Bonchev–Trinajstić information content (AvgIpc) is 1.76. The lowest BCUT2D eigenvalue weighted by Gasteiger charge is -2.13. The third-order valence-electron chi connectivity index (χ3n) is 20.0. The van der Waals surface area contributed by atoms with Crippen LogP contribution in [0.2, 0.25) is 0 Å². The van der Waals surface area contributed by atoms with Crippen molar-refractivity contribution in [1.82, 2.24) is 39.5 Å². The standard InChI is InChI=1S/C95H58N8S2/c1-2-14-66(15-3-1)89-97-90(70-44-35-65(36-45-70)76-50-54-88-82(58-76)80-20-7-11-24-86(80)105-88)102-94(98-89)71-47-51-78(52-48-71)103-84-22-9-8-21-83(84)96-95(103)77-18-12-17-73(56-77)62-31-40-68(41-32-62)92-99-91(100-93(101-92)69-42-33-63(34-43-69)74-46-37-59-13-4-5-16-72(59)55-74)67-38-29-61(30-39-67)60-25-27-64(28-26-60)75-49-53-87-81(57-75)79-19-6-10-23-85(79)104-87/h1-58H. The van der Waals surface area contributed by atoms with Crippen LogP contribution in [0.1, 0.15) is 0 Å². The first-order valence-electron chi connectivity index (χ1n) is 35.1. The summed E-state index contributed by atoms with van der Waals surface area (Å²) in [6, 6.07) is 124. The van der Waals surface area contributed by atoms with Gasteiger partial charge in [0.25, 0.3) is 0 Å². The van der Waals surface area contributed by atoms with Gasteiger partial charge < -0.3 is 0 Å². The number of fused-ring (bicyclic) bond motifs is 8. The van der Waals surface area contributed by atoms with Crippen LogP contribution in [0.4, 0.5) is 0 Å². The van der Waals surface area contributed by atoms with Crippen molar-refractivity contribution in [2.45, 2.75) is 0 Å². The first-order chi connectivity index (χ1) is 51.9. The molecule has 0 aliphatic carbocycles. The third-order valence-corrected chi connectivity index (χ3v) is 22.3. The number of hydrogen-bond donors (Lipinski definition) is 0. The number of hydrogen-bond acceptors (Lipinski definition) is 9. The SMILES string of the molecule is c1ccc(-c2nc(-c3ccc(-c4ccc5sc6ccccc6c5c4)cc3)nc(-c3ccc(-n4c(-c5cccc(-c6ccc(-c7nc(-c8ccc(-c9ccc(-c%10ccc%11sc%12ccccc%12c%11c%10)cc9)cc8)nc(-c8ccc(-c9ccc%10ccccc%10c9)cc8)n7)cc6)c5)nc5ccccc54)cc3)n2)cc1. The topological polar surface area (TPSA) is 95.2 Å². The molecule has 0 aliphatic heterocycles. The minimum atomic E-state index is 0.581. The molecule has 8 nitrogen and oxygen atoms in total. The van der Waals surface area contributed by atoms with Crippen LogP contribution >= 0.6 is 22.7 Å². The fraction of sp³-hybridized carbons (Fsp3) is 0. The summed E-state index contributed by atoms with van der Waals surface area (Å²) < 4.78 is 7.44. The zero-order valence-electron chi connectivity index (χ0n) is 56.4. The highest BCUT2D eigenvalue weighted by Gasteiger charge is 2.20. The lowest BCUT2D eigenvalue weighted by molar-refractivity contribution is 1.07. The Morgan fingerprint density at radius 2 is 0.514 bits per heavy atom. The van der Waals surface area contributed by atoms with Crippen molar-refractivity contribution in [3.8, 4) is 141 Å². The molecule has 0 bridgehead atoms. The summed E-state index contributed by atoms with van der Waals surface area (Å²) in [7, 11) is 0. The van der Waals surface area contributed by atoms with Crippen LogP contribution < -0.4 is 0 Å². The first-order valence-corrected chi connectivity index (χ1v) is 36.7. The maximum atomic E-state index is 5.32. The first kappa shape index (κ1) is 61.4. The molecule has 0 aliphatic rings. The van der Waals surface area contributed by atoms with Crippen molar-refractivity contribution in [3.63, 3.8) is 0 Å². The van der Waals surface area contributed by atoms with E-state index in [4.69, 9.17) is 34.9 Å². The summed E-state index contributed by atoms with van der Waals surface area (Å²) in [5.41, 5.74) is 20.4. The van der Waals surface area contributed by atoms with Gasteiger partial charge in [0.05, 0.1) is 11.0 Å². The number of para-hydroxylation sites is 2. The van der Waals surface area contributed by atoms with Crippen LogP contribution in [0.15, 0.2) is 352 Å². The molecule has 10 heteroatoms. The molecule has 15 aromatic carbocycles. The molecule has 0 N–H and O–H groups in total. The Morgan fingerprint density at radius 3 is 1.00 bits per heavy atom. The van der Waals surface area contributed by atoms with E-state index in [0.717, 1.165) is 100 Å². The number of rotatable bonds is 13. The number of nitrogens with zero attached hydrogens (tertiary/aromatic N) is 8. The Morgan fingerprint density at radius 1 is 0.190 bits per heavy atom. The molecule has 5 aromatic heterocycles. The minimum absolute atomic E-state index is 0.581. The number of benzene rings is 15. The van der Waals surface area contributed by atoms with E-state index in [1.54, 1.807) is 0 Å². The molecule has 0 radical (unpaired) electrons. The number of aromatic nitrogens is 8. The van der Waals surface area contributed by atoms with Gasteiger partial charge in [-0.3, -0.25) is 4.57 Å². The maximum Gasteiger partial charge on any atom is 0.164 e. The van der Waals surface area contributed by atoms with Crippen LogP contribution in [-0.4, -0.2) is 39.5 Å². The van der Waals surface area contributed by atoms with Crippen LogP contribution in [0.25, 0.3) is 203 Å². The molecular weight excluding hydrogens is 1320 g/mol. The van der Waals surface area contributed by atoms with Gasteiger partial charge in [0.1, 0.15) is 5.82 Å². The molecule has 0 spiro atoms. The Kier molecular flexibility index (Phi) is 15.1. The highest BCUT2D eigenvalue weighted by atomic mass is 32.1. The fourth-order valence-corrected chi connectivity index (χ4v) is 16.6. The zero-order chi connectivity index (χ0) is 69.3. The molecule has 490 valence electrons. The van der Waals surface area contributed by atoms with Gasteiger partial charge in [-0.1, -0.05) is 267 Å². The van der Waals surface area contributed by atoms with Gasteiger partial charge in [0.15, 0.2) is 34.9 Å². The molecule has 0 atom stereocenters. The van der Waals surface area contributed by atoms with E-state index in [9.17, 15) is 0 Å². The van der Waals surface area contributed by atoms with Crippen molar-refractivity contribution in [2.75, 3.05) is 0 Å². The second kappa shape index (κ2) is 25.8. The number of thiophene rings is 2. The Hall–Kier alpha value is -13.5. The Labute approximate surface area is 613 Å². The summed E-state index contributed by atoms with van der Waals surface area (Å²) in [6.45, 7) is 0. The summed E-state index contributed by atoms with van der Waals surface area (Å²) in [4.78, 5) is 36.3. The van der Waals surface area contributed by atoms with E-state index in [0.29, 0.717) is 34.9 Å². The van der Waals surface area contributed by atoms with E-state index < -0.39 is 0 Å². The molecule has 0 saturated carbocycles. The molecule has 0 fully saturated rings. The lowest BCUT2D eigenvalue weighted by atomic mass is 9.98. The maximum absolute atomic E-state index is 5.32. The quantitative estimate of drug-likeness (QED) is 0.113. The van der Waals surface area contributed by atoms with Crippen LogP contribution in [0.5, 0.6) is 0 Å². The molecule has 20 rings (SSSR count). The van der Waals surface area contributed by atoms with Gasteiger partial charge in [0, 0.05) is 85.0 Å². The lowest BCUT2D eigenvalue weighted by Crippen LogP contribution is -2.01. The van der Waals surface area contributed by atoms with Gasteiger partial charge >= 0.3 is 0 Å². The van der Waals surface area contributed by atoms with Crippen molar-refractivity contribution >= 4 is 84.8 Å². The molecule has 5 heterocycles. The zero-order valence-corrected chi connectivity index (χ0v) is 58.0. The largest absolute Gasteiger partial charge is 0.292 e. The van der Waals surface area contributed by atoms with Crippen LogP contribution in [0, 0.1) is 0 Å². The molecule has 105 heavy (non-hydrogen) atoms. The molecular formula is C95H58N8S2. The molecule has 0 unspecified atom stereocenters. The highest BCUT2D eigenvalue weighted by Crippen LogP contribution is 2.41. The minimum Gasteiger partial charge on any atom is -0.292 e. The predicted molar refractivity (Wildman–Crippen MR) is 436 cm³/mol. The Balaban J connectivity index is 0.599. The average molecular weight is 1380 g/mol. The highest BCUT2D eigenvalue weighted by molar-refractivity contribution is 7.26. The van der Waals surface area contributed by atoms with Gasteiger partial charge in [-0.15, -0.1) is 22.7 Å². The summed E-state index contributed by atoms with van der Waals surface area (Å²) >= 11 is 3.68. The molecule has 0 saturated heterocycles. The molecule has 20 aromatic rings. The van der Waals surface area contributed by atoms with Crippen molar-refractivity contribution in [1.29, 1.82) is 0 Å². The molecule has 0 amide bonds. The van der Waals surface area contributed by atoms with E-state index in [1.807, 2.05) is 59.1 Å². The van der Waals surface area contributed by atoms with E-state index in [1.165, 1.54) is 67.8 Å². The smallest absolute Gasteiger partial charge is 0.164 e. The third kappa shape index (κ3) is 11.6. The number of imidazole rings is 1. The van der Waals surface area contributed by atoms with E-state index in [2.05, 4.69) is 320 Å². The second-order valence-electron chi connectivity index (χ2n) is 26.4. The van der Waals surface area contributed by atoms with Crippen LogP contribution in [-0.2, 0) is 0 Å². The van der Waals surface area contributed by atoms with Gasteiger partial charge in [-0.05, 0) is 151 Å². The summed E-state index contributed by atoms with van der Waals surface area (Å²) in [6.07, 6.45) is 0. The van der Waals surface area contributed by atoms with Gasteiger partial charge in [0.2, 0.25) is 0 Å². The van der Waals surface area contributed by atoms with Gasteiger partial charge in [-0.25, -0.2) is 34.9 Å². The van der Waals surface area contributed by atoms with Crippen molar-refractivity contribution < 1.29 is 0 Å². The van der Waals surface area contributed by atoms with Crippen LogP contribution in [0.3, 0.4) is 0 Å². The second-order valence-corrected chi connectivity index (χ2v) is 28.6. The van der Waals surface area contributed by atoms with E-state index >= 15 is 0 Å². The Bertz CT molecular complexity index is 6730. The summed E-state index contributed by atoms with van der Waals surface area (Å²) in [5.74, 6) is 4.37. The van der Waals surface area contributed by atoms with Crippen molar-refractivity contribution in [3.05, 3.63) is 352 Å². The van der Waals surface area contributed by atoms with E-state index in [-0.39, 0.29) is 0 Å². The predicted octanol–water partition coefficient (Wildman–Crippen LogP) is 25.3. The normalized spacial score (nSPS) is 11.6. The van der Waals surface area contributed by atoms with Gasteiger partial charge in [-0.2, -0.15) is 0 Å². The van der Waals surface area contributed by atoms with Crippen molar-refractivity contribution in [2.24, 2.45) is 0 Å². The summed E-state index contributed by atoms with van der Waals surface area (Å²) in [5, 5.41) is 7.58.